The Morgan fingerprint density at radius 1 is 1.14 bits per heavy atom. The SMILES string of the molecule is Cc1nc(OC(C)C)cc(N2CCN(C(=O)Nc3ccc(F)cc3F)CC2)n1. The Hall–Kier alpha value is -2.97. The van der Waals surface area contributed by atoms with Crippen molar-refractivity contribution in [1.29, 1.82) is 0 Å². The van der Waals surface area contributed by atoms with Crippen molar-refractivity contribution in [3.05, 3.63) is 41.7 Å². The van der Waals surface area contributed by atoms with E-state index in [1.54, 1.807) is 17.9 Å². The molecule has 0 saturated carbocycles. The first-order valence-electron chi connectivity index (χ1n) is 9.10. The van der Waals surface area contributed by atoms with Crippen LogP contribution in [0.25, 0.3) is 0 Å². The van der Waals surface area contributed by atoms with Crippen LogP contribution >= 0.6 is 0 Å². The summed E-state index contributed by atoms with van der Waals surface area (Å²) < 4.78 is 32.4. The number of aromatic nitrogens is 2. The van der Waals surface area contributed by atoms with Gasteiger partial charge in [0.1, 0.15) is 23.3 Å². The molecule has 2 aromatic rings. The highest BCUT2D eigenvalue weighted by atomic mass is 19.1. The van der Waals surface area contributed by atoms with E-state index < -0.39 is 17.7 Å². The minimum absolute atomic E-state index is 0.00884. The monoisotopic (exact) mass is 391 g/mol. The third-order valence-corrected chi connectivity index (χ3v) is 4.22. The number of benzene rings is 1. The van der Waals surface area contributed by atoms with Crippen molar-refractivity contribution in [2.75, 3.05) is 36.4 Å². The molecule has 1 aliphatic rings. The van der Waals surface area contributed by atoms with E-state index in [1.165, 1.54) is 6.07 Å². The van der Waals surface area contributed by atoms with Gasteiger partial charge in [-0.3, -0.25) is 0 Å². The first-order chi connectivity index (χ1) is 13.3. The molecule has 0 spiro atoms. The van der Waals surface area contributed by atoms with Crippen molar-refractivity contribution in [1.82, 2.24) is 14.9 Å². The Morgan fingerprint density at radius 2 is 1.86 bits per heavy atom. The molecule has 150 valence electrons. The summed E-state index contributed by atoms with van der Waals surface area (Å²) >= 11 is 0. The number of carbonyl (C=O) groups is 1. The number of nitrogens with one attached hydrogen (secondary N) is 1. The van der Waals surface area contributed by atoms with Crippen molar-refractivity contribution in [2.24, 2.45) is 0 Å². The van der Waals surface area contributed by atoms with Crippen LogP contribution in [0, 0.1) is 18.6 Å². The third-order valence-electron chi connectivity index (χ3n) is 4.22. The lowest BCUT2D eigenvalue weighted by Gasteiger charge is -2.35. The molecule has 7 nitrogen and oxygen atoms in total. The van der Waals surface area contributed by atoms with E-state index in [-0.39, 0.29) is 11.8 Å². The minimum atomic E-state index is -0.805. The van der Waals surface area contributed by atoms with Gasteiger partial charge in [0, 0.05) is 38.3 Å². The molecule has 2 heterocycles. The molecule has 0 unspecified atom stereocenters. The van der Waals surface area contributed by atoms with Crippen molar-refractivity contribution >= 4 is 17.5 Å². The van der Waals surface area contributed by atoms with Crippen LogP contribution in [-0.2, 0) is 0 Å². The third kappa shape index (κ3) is 4.85. The fraction of sp³-hybridized carbons (Fsp3) is 0.421. The molecule has 1 N–H and O–H groups in total. The van der Waals surface area contributed by atoms with E-state index >= 15 is 0 Å². The van der Waals surface area contributed by atoms with Gasteiger partial charge < -0.3 is 19.9 Å². The highest BCUT2D eigenvalue weighted by molar-refractivity contribution is 5.89. The van der Waals surface area contributed by atoms with E-state index in [2.05, 4.69) is 15.3 Å². The fourth-order valence-electron chi connectivity index (χ4n) is 2.91. The molecule has 3 rings (SSSR count). The number of halogens is 2. The van der Waals surface area contributed by atoms with Crippen LogP contribution in [0.1, 0.15) is 19.7 Å². The van der Waals surface area contributed by atoms with Gasteiger partial charge in [-0.25, -0.2) is 18.6 Å². The number of urea groups is 1. The molecule has 1 fully saturated rings. The summed E-state index contributed by atoms with van der Waals surface area (Å²) in [5, 5.41) is 2.48. The Balaban J connectivity index is 1.61. The molecule has 0 bridgehead atoms. The largest absolute Gasteiger partial charge is 0.475 e. The Kier molecular flexibility index (Phi) is 5.91. The molecule has 0 atom stereocenters. The van der Waals surface area contributed by atoms with E-state index in [9.17, 15) is 13.6 Å². The first-order valence-corrected chi connectivity index (χ1v) is 9.10. The summed E-state index contributed by atoms with van der Waals surface area (Å²) in [6.45, 7) is 7.68. The number of piperazine rings is 1. The maximum atomic E-state index is 13.7. The summed E-state index contributed by atoms with van der Waals surface area (Å²) in [7, 11) is 0. The van der Waals surface area contributed by atoms with Crippen molar-refractivity contribution in [3.8, 4) is 5.88 Å². The highest BCUT2D eigenvalue weighted by Crippen LogP contribution is 2.21. The van der Waals surface area contributed by atoms with Gasteiger partial charge in [-0.05, 0) is 32.9 Å². The lowest BCUT2D eigenvalue weighted by Crippen LogP contribution is -2.50. The predicted molar refractivity (Wildman–Crippen MR) is 102 cm³/mol. The number of amides is 2. The molecule has 28 heavy (non-hydrogen) atoms. The average molecular weight is 391 g/mol. The predicted octanol–water partition coefficient (Wildman–Crippen LogP) is 3.20. The fourth-order valence-corrected chi connectivity index (χ4v) is 2.91. The van der Waals surface area contributed by atoms with Crippen LogP contribution in [0.2, 0.25) is 0 Å². The van der Waals surface area contributed by atoms with Gasteiger partial charge in [0.25, 0.3) is 0 Å². The Morgan fingerprint density at radius 3 is 2.50 bits per heavy atom. The maximum Gasteiger partial charge on any atom is 0.322 e. The van der Waals surface area contributed by atoms with Crippen LogP contribution < -0.4 is 15.0 Å². The Labute approximate surface area is 162 Å². The number of hydrogen-bond donors (Lipinski definition) is 1. The molecule has 2 amide bonds. The zero-order valence-electron chi connectivity index (χ0n) is 16.1. The number of aryl methyl sites for hydroxylation is 1. The quantitative estimate of drug-likeness (QED) is 0.867. The normalized spacial score (nSPS) is 14.4. The van der Waals surface area contributed by atoms with Crippen LogP contribution in [0.3, 0.4) is 0 Å². The number of anilines is 2. The molecule has 1 aliphatic heterocycles. The van der Waals surface area contributed by atoms with Crippen LogP contribution in [0.5, 0.6) is 5.88 Å². The van der Waals surface area contributed by atoms with E-state index in [4.69, 9.17) is 4.74 Å². The second-order valence-corrected chi connectivity index (χ2v) is 6.81. The second-order valence-electron chi connectivity index (χ2n) is 6.81. The zero-order valence-corrected chi connectivity index (χ0v) is 16.1. The molecule has 1 aromatic carbocycles. The van der Waals surface area contributed by atoms with Crippen molar-refractivity contribution in [3.63, 3.8) is 0 Å². The first kappa shape index (κ1) is 19.8. The van der Waals surface area contributed by atoms with Crippen molar-refractivity contribution in [2.45, 2.75) is 26.9 Å². The summed E-state index contributed by atoms with van der Waals surface area (Å²) in [6, 6.07) is 4.41. The topological polar surface area (TPSA) is 70.6 Å². The standard InChI is InChI=1S/C19H23F2N5O2/c1-12(2)28-18-11-17(22-13(3)23-18)25-6-8-26(9-7-25)19(27)24-16-5-4-14(20)10-15(16)21/h4-5,10-12H,6-9H2,1-3H3,(H,24,27). The van der Waals surface area contributed by atoms with Crippen LogP contribution in [0.4, 0.5) is 25.1 Å². The number of carbonyl (C=O) groups excluding carboxylic acids is 1. The van der Waals surface area contributed by atoms with Gasteiger partial charge >= 0.3 is 6.03 Å². The zero-order chi connectivity index (χ0) is 20.3. The molecule has 0 radical (unpaired) electrons. The van der Waals surface area contributed by atoms with Crippen LogP contribution in [0.15, 0.2) is 24.3 Å². The number of rotatable bonds is 4. The lowest BCUT2D eigenvalue weighted by atomic mass is 10.3. The van der Waals surface area contributed by atoms with Gasteiger partial charge in [0.15, 0.2) is 0 Å². The molecule has 1 aromatic heterocycles. The van der Waals surface area contributed by atoms with E-state index in [0.717, 1.165) is 18.0 Å². The number of nitrogens with zero attached hydrogens (tertiary/aromatic N) is 4. The maximum absolute atomic E-state index is 13.7. The Bertz CT molecular complexity index is 854. The van der Waals surface area contributed by atoms with Gasteiger partial charge in [0.05, 0.1) is 11.8 Å². The number of hydrogen-bond acceptors (Lipinski definition) is 5. The second kappa shape index (κ2) is 8.37. The van der Waals surface area contributed by atoms with Crippen molar-refractivity contribution < 1.29 is 18.3 Å². The van der Waals surface area contributed by atoms with E-state index in [0.29, 0.717) is 37.9 Å². The molecule has 9 heteroatoms. The minimum Gasteiger partial charge on any atom is -0.475 e. The molecule has 1 saturated heterocycles. The molecular formula is C19H23F2N5O2. The lowest BCUT2D eigenvalue weighted by molar-refractivity contribution is 0.207. The average Bonchev–Trinajstić information content (AvgIpc) is 2.63. The summed E-state index contributed by atoms with van der Waals surface area (Å²) in [5.74, 6) is 0.378. The number of ether oxygens (including phenoxy) is 1. The molecule has 0 aliphatic carbocycles. The highest BCUT2D eigenvalue weighted by Gasteiger charge is 2.23. The summed E-state index contributed by atoms with van der Waals surface area (Å²) in [6.07, 6.45) is 0.00884. The molecular weight excluding hydrogens is 368 g/mol. The smallest absolute Gasteiger partial charge is 0.322 e. The van der Waals surface area contributed by atoms with Gasteiger partial charge in [-0.1, -0.05) is 0 Å². The summed E-state index contributed by atoms with van der Waals surface area (Å²) in [5.41, 5.74) is -0.0456. The van der Waals surface area contributed by atoms with Crippen LogP contribution in [-0.4, -0.2) is 53.2 Å². The van der Waals surface area contributed by atoms with E-state index in [1.807, 2.05) is 18.7 Å². The summed E-state index contributed by atoms with van der Waals surface area (Å²) in [4.78, 5) is 24.7. The van der Waals surface area contributed by atoms with Gasteiger partial charge in [-0.2, -0.15) is 4.98 Å². The van der Waals surface area contributed by atoms with Gasteiger partial charge in [-0.15, -0.1) is 0 Å². The van der Waals surface area contributed by atoms with Gasteiger partial charge in [0.2, 0.25) is 5.88 Å².